The summed E-state index contributed by atoms with van der Waals surface area (Å²) >= 11 is 0. The first-order valence-electron chi connectivity index (χ1n) is 11.6. The maximum atomic E-state index is 12.6. The van der Waals surface area contributed by atoms with Crippen molar-refractivity contribution >= 4 is 28.0 Å². The summed E-state index contributed by atoms with van der Waals surface area (Å²) in [5.74, 6) is 0.854. The highest BCUT2D eigenvalue weighted by molar-refractivity contribution is 5.92. The van der Waals surface area contributed by atoms with E-state index in [-0.39, 0.29) is 17.4 Å². The number of hydrogen-bond donors (Lipinski definition) is 2. The number of ether oxygens (including phenoxy) is 1. The number of benzene rings is 1. The number of hydrogen-bond acceptors (Lipinski definition) is 6. The van der Waals surface area contributed by atoms with Gasteiger partial charge >= 0.3 is 0 Å². The number of pyridine rings is 1. The molecular weight excluding hydrogens is 444 g/mol. The fraction of sp³-hybridized carbons (Fsp3) is 0.308. The molecule has 5 rings (SSSR count). The van der Waals surface area contributed by atoms with Crippen molar-refractivity contribution < 1.29 is 9.53 Å². The van der Waals surface area contributed by atoms with Crippen molar-refractivity contribution in [2.45, 2.75) is 20.4 Å². The standard InChI is InChI=1S/C26H28N6O3/c1-15-11-29-32-22-10-23(35-4)18(9-21(22)30-26(34)24(15)32)14-31-8-7-19(16(2)13-31)17-5-6-20(28-12-17)25(33)27-3/h5-7,9-12,16H,8,13-14H2,1-4H3,(H,27,33)(H,30,34). The fourth-order valence-corrected chi connectivity index (χ4v) is 4.86. The zero-order chi connectivity index (χ0) is 24.7. The number of H-pyrrole nitrogens is 1. The highest BCUT2D eigenvalue weighted by Crippen LogP contribution is 2.31. The zero-order valence-electron chi connectivity index (χ0n) is 20.3. The monoisotopic (exact) mass is 472 g/mol. The summed E-state index contributed by atoms with van der Waals surface area (Å²) in [5, 5.41) is 6.98. The minimum Gasteiger partial charge on any atom is -0.496 e. The lowest BCUT2D eigenvalue weighted by Crippen LogP contribution is -2.33. The molecule has 1 unspecified atom stereocenters. The van der Waals surface area contributed by atoms with Crippen LogP contribution >= 0.6 is 0 Å². The second-order valence-electron chi connectivity index (χ2n) is 8.99. The maximum Gasteiger partial charge on any atom is 0.274 e. The van der Waals surface area contributed by atoms with Gasteiger partial charge in [-0.05, 0) is 36.1 Å². The molecule has 0 fully saturated rings. The Kier molecular flexibility index (Phi) is 5.86. The van der Waals surface area contributed by atoms with Crippen LogP contribution in [0.15, 0.2) is 47.5 Å². The SMILES string of the molecule is CNC(=O)c1ccc(C2=CCN(Cc3cc4[nH]c(=O)c5c(C)cnn5c4cc3OC)CC2C)cn1. The Morgan fingerprint density at radius 2 is 2.11 bits per heavy atom. The van der Waals surface area contributed by atoms with Gasteiger partial charge in [-0.15, -0.1) is 0 Å². The summed E-state index contributed by atoms with van der Waals surface area (Å²) in [6, 6.07) is 7.63. The summed E-state index contributed by atoms with van der Waals surface area (Å²) in [5.41, 5.74) is 6.42. The van der Waals surface area contributed by atoms with E-state index in [1.807, 2.05) is 25.1 Å². The van der Waals surface area contributed by atoms with Crippen molar-refractivity contribution in [3.05, 3.63) is 75.5 Å². The molecule has 0 saturated carbocycles. The summed E-state index contributed by atoms with van der Waals surface area (Å²) < 4.78 is 7.40. The molecular formula is C26H28N6O3. The van der Waals surface area contributed by atoms with Crippen molar-refractivity contribution in [2.75, 3.05) is 27.2 Å². The molecule has 1 amide bonds. The topological polar surface area (TPSA) is 105 Å². The molecule has 0 bridgehead atoms. The number of aromatic amines is 1. The molecule has 3 aromatic heterocycles. The van der Waals surface area contributed by atoms with Gasteiger partial charge in [0.15, 0.2) is 0 Å². The lowest BCUT2D eigenvalue weighted by Gasteiger charge is -2.31. The second-order valence-corrected chi connectivity index (χ2v) is 8.99. The van der Waals surface area contributed by atoms with Gasteiger partial charge in [0.2, 0.25) is 0 Å². The second kappa shape index (κ2) is 8.99. The highest BCUT2D eigenvalue weighted by atomic mass is 16.5. The molecule has 0 saturated heterocycles. The van der Waals surface area contributed by atoms with Crippen LogP contribution in [0.5, 0.6) is 5.75 Å². The third-order valence-corrected chi connectivity index (χ3v) is 6.63. The normalized spacial score (nSPS) is 16.5. The van der Waals surface area contributed by atoms with Gasteiger partial charge in [0.1, 0.15) is 17.0 Å². The number of aryl methyl sites for hydroxylation is 1. The van der Waals surface area contributed by atoms with Crippen molar-refractivity contribution in [3.8, 4) is 5.75 Å². The zero-order valence-corrected chi connectivity index (χ0v) is 20.3. The molecule has 1 aliphatic rings. The van der Waals surface area contributed by atoms with E-state index in [0.29, 0.717) is 17.8 Å². The molecule has 0 radical (unpaired) electrons. The summed E-state index contributed by atoms with van der Waals surface area (Å²) in [6.07, 6.45) is 5.68. The van der Waals surface area contributed by atoms with E-state index in [1.54, 1.807) is 37.1 Å². The van der Waals surface area contributed by atoms with E-state index in [2.05, 4.69) is 38.3 Å². The number of amides is 1. The average Bonchev–Trinajstić information content (AvgIpc) is 3.26. The highest BCUT2D eigenvalue weighted by Gasteiger charge is 2.22. The third kappa shape index (κ3) is 4.08. The third-order valence-electron chi connectivity index (χ3n) is 6.63. The fourth-order valence-electron chi connectivity index (χ4n) is 4.86. The molecule has 0 spiro atoms. The molecule has 1 atom stereocenters. The van der Waals surface area contributed by atoms with Gasteiger partial charge < -0.3 is 15.0 Å². The largest absolute Gasteiger partial charge is 0.496 e. The average molecular weight is 473 g/mol. The van der Waals surface area contributed by atoms with Crippen LogP contribution in [0.4, 0.5) is 0 Å². The van der Waals surface area contributed by atoms with Crippen LogP contribution in [0, 0.1) is 12.8 Å². The Labute approximate surface area is 202 Å². The van der Waals surface area contributed by atoms with Crippen molar-refractivity contribution in [3.63, 3.8) is 0 Å². The van der Waals surface area contributed by atoms with Gasteiger partial charge in [-0.1, -0.05) is 19.1 Å². The lowest BCUT2D eigenvalue weighted by molar-refractivity contribution is 0.0958. The number of aromatic nitrogens is 4. The molecule has 4 aromatic rings. The summed E-state index contributed by atoms with van der Waals surface area (Å²) in [6.45, 7) is 6.38. The molecule has 35 heavy (non-hydrogen) atoms. The van der Waals surface area contributed by atoms with Crippen LogP contribution in [0.1, 0.15) is 34.1 Å². The molecule has 1 aliphatic heterocycles. The first-order chi connectivity index (χ1) is 16.9. The van der Waals surface area contributed by atoms with Gasteiger partial charge in [0.25, 0.3) is 11.5 Å². The van der Waals surface area contributed by atoms with Crippen LogP contribution in [-0.4, -0.2) is 57.6 Å². The quantitative estimate of drug-likeness (QED) is 0.463. The van der Waals surface area contributed by atoms with Crippen molar-refractivity contribution in [1.82, 2.24) is 29.8 Å². The van der Waals surface area contributed by atoms with Gasteiger partial charge in [-0.25, -0.2) is 4.52 Å². The van der Waals surface area contributed by atoms with E-state index in [1.165, 1.54) is 5.57 Å². The molecule has 1 aromatic carbocycles. The predicted octanol–water partition coefficient (Wildman–Crippen LogP) is 2.78. The van der Waals surface area contributed by atoms with Crippen LogP contribution in [0.3, 0.4) is 0 Å². The lowest BCUT2D eigenvalue weighted by atomic mass is 9.91. The first-order valence-corrected chi connectivity index (χ1v) is 11.6. The minimum absolute atomic E-state index is 0.154. The molecule has 9 nitrogen and oxygen atoms in total. The van der Waals surface area contributed by atoms with Crippen molar-refractivity contribution in [1.29, 1.82) is 0 Å². The number of carbonyl (C=O) groups excluding carboxylic acids is 1. The number of rotatable bonds is 5. The van der Waals surface area contributed by atoms with Gasteiger partial charge in [0, 0.05) is 50.1 Å². The number of nitrogens with one attached hydrogen (secondary N) is 2. The van der Waals surface area contributed by atoms with E-state index in [0.717, 1.165) is 46.6 Å². The Hall–Kier alpha value is -3.98. The first kappa shape index (κ1) is 22.8. The van der Waals surface area contributed by atoms with Gasteiger partial charge in [0.05, 0.1) is 24.3 Å². The van der Waals surface area contributed by atoms with Crippen LogP contribution in [0.2, 0.25) is 0 Å². The number of nitrogens with zero attached hydrogens (tertiary/aromatic N) is 4. The van der Waals surface area contributed by atoms with Crippen LogP contribution < -0.4 is 15.6 Å². The number of carbonyl (C=O) groups is 1. The molecule has 4 heterocycles. The molecule has 180 valence electrons. The number of methoxy groups -OCH3 is 1. The Morgan fingerprint density at radius 1 is 1.29 bits per heavy atom. The minimum atomic E-state index is -0.192. The van der Waals surface area contributed by atoms with Gasteiger partial charge in [-0.2, -0.15) is 5.10 Å². The van der Waals surface area contributed by atoms with E-state index >= 15 is 0 Å². The van der Waals surface area contributed by atoms with Crippen molar-refractivity contribution in [2.24, 2.45) is 5.92 Å². The number of fused-ring (bicyclic) bond motifs is 3. The van der Waals surface area contributed by atoms with E-state index < -0.39 is 0 Å². The van der Waals surface area contributed by atoms with E-state index in [4.69, 9.17) is 4.74 Å². The molecule has 9 heteroatoms. The maximum absolute atomic E-state index is 12.6. The summed E-state index contributed by atoms with van der Waals surface area (Å²) in [7, 11) is 3.26. The Morgan fingerprint density at radius 3 is 2.80 bits per heavy atom. The Bertz CT molecular complexity index is 1520. The molecule has 2 N–H and O–H groups in total. The Balaban J connectivity index is 1.41. The van der Waals surface area contributed by atoms with Crippen LogP contribution in [0.25, 0.3) is 22.1 Å². The summed E-state index contributed by atoms with van der Waals surface area (Å²) in [4.78, 5) is 34.1. The predicted molar refractivity (Wildman–Crippen MR) is 135 cm³/mol. The molecule has 0 aliphatic carbocycles. The smallest absolute Gasteiger partial charge is 0.274 e. The van der Waals surface area contributed by atoms with E-state index in [9.17, 15) is 9.59 Å². The van der Waals surface area contributed by atoms with Crippen LogP contribution in [-0.2, 0) is 6.54 Å². The van der Waals surface area contributed by atoms with Gasteiger partial charge in [-0.3, -0.25) is 19.5 Å².